The lowest BCUT2D eigenvalue weighted by Gasteiger charge is -2.26. The normalized spacial score (nSPS) is 31.7. The summed E-state index contributed by atoms with van der Waals surface area (Å²) in [5.74, 6) is 0.625. The summed E-state index contributed by atoms with van der Waals surface area (Å²) in [6, 6.07) is 0.447. The summed E-state index contributed by atoms with van der Waals surface area (Å²) >= 11 is 0. The zero-order chi connectivity index (χ0) is 15.4. The van der Waals surface area contributed by atoms with Crippen molar-refractivity contribution in [2.75, 3.05) is 40.4 Å². The largest absolute Gasteiger partial charge is 0.376 e. The maximum absolute atomic E-state index is 12.5. The van der Waals surface area contributed by atoms with Gasteiger partial charge in [0.15, 0.2) is 0 Å². The van der Waals surface area contributed by atoms with Crippen LogP contribution in [0, 0.1) is 5.92 Å². The molecule has 0 aromatic carbocycles. The van der Waals surface area contributed by atoms with Gasteiger partial charge in [-0.2, -0.15) is 0 Å². The van der Waals surface area contributed by atoms with E-state index in [1.807, 2.05) is 11.8 Å². The van der Waals surface area contributed by atoms with Gasteiger partial charge in [-0.15, -0.1) is 0 Å². The number of rotatable bonds is 5. The molecule has 122 valence electrons. The highest BCUT2D eigenvalue weighted by atomic mass is 16.5. The third kappa shape index (κ3) is 4.41. The summed E-state index contributed by atoms with van der Waals surface area (Å²) < 4.78 is 11.4. The van der Waals surface area contributed by atoms with Gasteiger partial charge in [-0.05, 0) is 46.2 Å². The second-order valence-corrected chi connectivity index (χ2v) is 6.72. The molecule has 0 aliphatic carbocycles. The van der Waals surface area contributed by atoms with Crippen molar-refractivity contribution in [1.29, 1.82) is 0 Å². The van der Waals surface area contributed by atoms with E-state index in [0.717, 1.165) is 32.5 Å². The number of ether oxygens (including phenoxy) is 2. The maximum Gasteiger partial charge on any atom is 0.251 e. The number of hydrogen-bond donors (Lipinski definition) is 0. The highest BCUT2D eigenvalue weighted by Gasteiger charge is 2.35. The van der Waals surface area contributed by atoms with E-state index in [-0.39, 0.29) is 18.1 Å². The molecular formula is C16H30N2O3. The van der Waals surface area contributed by atoms with E-state index in [0.29, 0.717) is 18.6 Å². The van der Waals surface area contributed by atoms with E-state index < -0.39 is 0 Å². The third-order valence-electron chi connectivity index (χ3n) is 4.70. The van der Waals surface area contributed by atoms with Crippen molar-refractivity contribution < 1.29 is 14.3 Å². The van der Waals surface area contributed by atoms with Crippen LogP contribution in [-0.2, 0) is 14.3 Å². The van der Waals surface area contributed by atoms with Gasteiger partial charge in [0.05, 0.1) is 12.7 Å². The predicted octanol–water partition coefficient (Wildman–Crippen LogP) is 1.37. The number of amides is 1. The summed E-state index contributed by atoms with van der Waals surface area (Å²) in [6.07, 6.45) is 3.18. The van der Waals surface area contributed by atoms with Crippen LogP contribution in [0.2, 0.25) is 0 Å². The summed E-state index contributed by atoms with van der Waals surface area (Å²) in [7, 11) is 4.16. The first-order valence-corrected chi connectivity index (χ1v) is 8.17. The van der Waals surface area contributed by atoms with Crippen LogP contribution in [0.4, 0.5) is 0 Å². The summed E-state index contributed by atoms with van der Waals surface area (Å²) in [4.78, 5) is 16.6. The van der Waals surface area contributed by atoms with Gasteiger partial charge in [0, 0.05) is 25.7 Å². The molecule has 0 N–H and O–H groups in total. The SMILES string of the molecule is C[C@H](OC[C@@H]1CCCCO1)C(=O)N1C[C@H](C)[C@@H](N(C)C)C1. The van der Waals surface area contributed by atoms with Gasteiger partial charge < -0.3 is 19.3 Å². The van der Waals surface area contributed by atoms with Gasteiger partial charge in [-0.3, -0.25) is 4.79 Å². The lowest BCUT2D eigenvalue weighted by molar-refractivity contribution is -0.145. The van der Waals surface area contributed by atoms with E-state index in [4.69, 9.17) is 9.47 Å². The molecule has 2 saturated heterocycles. The molecule has 0 unspecified atom stereocenters. The van der Waals surface area contributed by atoms with Crippen molar-refractivity contribution >= 4 is 5.91 Å². The number of nitrogens with zero attached hydrogens (tertiary/aromatic N) is 2. The standard InChI is InChI=1S/C16H30N2O3/c1-12-9-18(10-15(12)17(3)4)16(19)13(2)21-11-14-7-5-6-8-20-14/h12-15H,5-11H2,1-4H3/t12-,13-,14-,15-/m0/s1. The molecule has 2 rings (SSSR count). The number of hydrogen-bond acceptors (Lipinski definition) is 4. The minimum absolute atomic E-state index is 0.113. The second kappa shape index (κ2) is 7.56. The minimum atomic E-state index is -0.372. The van der Waals surface area contributed by atoms with Crippen LogP contribution in [0.3, 0.4) is 0 Å². The first-order valence-electron chi connectivity index (χ1n) is 8.17. The van der Waals surface area contributed by atoms with Crippen molar-refractivity contribution in [1.82, 2.24) is 9.80 Å². The predicted molar refractivity (Wildman–Crippen MR) is 82.2 cm³/mol. The molecule has 21 heavy (non-hydrogen) atoms. The van der Waals surface area contributed by atoms with Crippen LogP contribution >= 0.6 is 0 Å². The lowest BCUT2D eigenvalue weighted by Crippen LogP contribution is -2.41. The molecule has 2 aliphatic rings. The van der Waals surface area contributed by atoms with Gasteiger partial charge >= 0.3 is 0 Å². The number of carbonyl (C=O) groups excluding carboxylic acids is 1. The Morgan fingerprint density at radius 3 is 2.71 bits per heavy atom. The number of carbonyl (C=O) groups is 1. The Labute approximate surface area is 128 Å². The molecule has 1 amide bonds. The summed E-state index contributed by atoms with van der Waals surface area (Å²) in [5.41, 5.74) is 0. The fourth-order valence-electron chi connectivity index (χ4n) is 3.32. The molecule has 5 heteroatoms. The first-order chi connectivity index (χ1) is 9.99. The Bertz CT molecular complexity index is 342. The topological polar surface area (TPSA) is 42.0 Å². The molecule has 5 nitrogen and oxygen atoms in total. The number of likely N-dealkylation sites (tertiary alicyclic amines) is 1. The van der Waals surface area contributed by atoms with Crippen molar-refractivity contribution in [3.63, 3.8) is 0 Å². The van der Waals surface area contributed by atoms with Crippen LogP contribution < -0.4 is 0 Å². The third-order valence-corrected chi connectivity index (χ3v) is 4.70. The molecule has 2 aliphatic heterocycles. The summed E-state index contributed by atoms with van der Waals surface area (Å²) in [5, 5.41) is 0. The molecule has 0 saturated carbocycles. The van der Waals surface area contributed by atoms with Crippen LogP contribution in [0.25, 0.3) is 0 Å². The van der Waals surface area contributed by atoms with Crippen LogP contribution in [0.5, 0.6) is 0 Å². The maximum atomic E-state index is 12.5. The van der Waals surface area contributed by atoms with E-state index in [1.165, 1.54) is 6.42 Å². The van der Waals surface area contributed by atoms with E-state index in [1.54, 1.807) is 0 Å². The first kappa shape index (κ1) is 16.7. The summed E-state index contributed by atoms with van der Waals surface area (Å²) in [6.45, 7) is 7.06. The van der Waals surface area contributed by atoms with Gasteiger partial charge in [-0.1, -0.05) is 6.92 Å². The zero-order valence-corrected chi connectivity index (χ0v) is 13.9. The monoisotopic (exact) mass is 298 g/mol. The fourth-order valence-corrected chi connectivity index (χ4v) is 3.32. The molecule has 2 heterocycles. The van der Waals surface area contributed by atoms with E-state index in [9.17, 15) is 4.79 Å². The molecule has 4 atom stereocenters. The van der Waals surface area contributed by atoms with Crippen molar-refractivity contribution in [3.8, 4) is 0 Å². The Balaban J connectivity index is 1.77. The van der Waals surface area contributed by atoms with Gasteiger partial charge in [0.25, 0.3) is 5.91 Å². The van der Waals surface area contributed by atoms with Gasteiger partial charge in [-0.25, -0.2) is 0 Å². The van der Waals surface area contributed by atoms with Crippen molar-refractivity contribution in [3.05, 3.63) is 0 Å². The van der Waals surface area contributed by atoms with Crippen LogP contribution in [-0.4, -0.2) is 74.4 Å². The lowest BCUT2D eigenvalue weighted by atomic mass is 10.1. The van der Waals surface area contributed by atoms with Crippen LogP contribution in [0.1, 0.15) is 33.1 Å². The highest BCUT2D eigenvalue weighted by molar-refractivity contribution is 5.80. The Hall–Kier alpha value is -0.650. The average molecular weight is 298 g/mol. The Morgan fingerprint density at radius 1 is 1.38 bits per heavy atom. The van der Waals surface area contributed by atoms with E-state index >= 15 is 0 Å². The van der Waals surface area contributed by atoms with Crippen molar-refractivity contribution in [2.24, 2.45) is 5.92 Å². The van der Waals surface area contributed by atoms with Crippen molar-refractivity contribution in [2.45, 2.75) is 51.4 Å². The molecule has 2 fully saturated rings. The van der Waals surface area contributed by atoms with Crippen LogP contribution in [0.15, 0.2) is 0 Å². The van der Waals surface area contributed by atoms with Gasteiger partial charge in [0.1, 0.15) is 6.10 Å². The Kier molecular flexibility index (Phi) is 6.02. The molecule has 0 bridgehead atoms. The second-order valence-electron chi connectivity index (χ2n) is 6.72. The average Bonchev–Trinajstić information content (AvgIpc) is 2.87. The highest BCUT2D eigenvalue weighted by Crippen LogP contribution is 2.21. The molecule has 0 aromatic rings. The quantitative estimate of drug-likeness (QED) is 0.769. The molecule has 0 aromatic heterocycles. The minimum Gasteiger partial charge on any atom is -0.376 e. The fraction of sp³-hybridized carbons (Fsp3) is 0.938. The van der Waals surface area contributed by atoms with E-state index in [2.05, 4.69) is 25.9 Å². The Morgan fingerprint density at radius 2 is 2.14 bits per heavy atom. The van der Waals surface area contributed by atoms with Gasteiger partial charge in [0.2, 0.25) is 0 Å². The molecule has 0 spiro atoms. The zero-order valence-electron chi connectivity index (χ0n) is 13.9. The number of likely N-dealkylation sites (N-methyl/N-ethyl adjacent to an activating group) is 1. The smallest absolute Gasteiger partial charge is 0.251 e. The molecular weight excluding hydrogens is 268 g/mol. The molecule has 0 radical (unpaired) electrons.